The van der Waals surface area contributed by atoms with Crippen LogP contribution in [0.3, 0.4) is 0 Å². The van der Waals surface area contributed by atoms with E-state index in [9.17, 15) is 0 Å². The first kappa shape index (κ1) is 15.5. The van der Waals surface area contributed by atoms with Gasteiger partial charge in [0.25, 0.3) is 0 Å². The van der Waals surface area contributed by atoms with Crippen molar-refractivity contribution in [1.82, 2.24) is 5.32 Å². The molecule has 0 aliphatic rings. The molecule has 0 saturated carbocycles. The number of halogens is 1. The van der Waals surface area contributed by atoms with Gasteiger partial charge in [-0.25, -0.2) is 0 Å². The largest absolute Gasteiger partial charge is 0.319 e. The second-order valence-corrected chi connectivity index (χ2v) is 5.48. The summed E-state index contributed by atoms with van der Waals surface area (Å²) in [5.74, 6) is 0.701. The van der Waals surface area contributed by atoms with Crippen LogP contribution in [-0.4, -0.2) is 13.6 Å². The number of nitrogens with one attached hydrogen (secondary N) is 1. The Bertz CT molecular complexity index is 325. The molecule has 0 spiro atoms. The Kier molecular flexibility index (Phi) is 8.11. The Morgan fingerprint density at radius 2 is 1.94 bits per heavy atom. The van der Waals surface area contributed by atoms with Crippen LogP contribution in [-0.2, 0) is 6.42 Å². The molecule has 18 heavy (non-hydrogen) atoms. The zero-order chi connectivity index (χ0) is 13.2. The molecule has 1 atom stereocenters. The van der Waals surface area contributed by atoms with E-state index in [0.717, 1.165) is 18.0 Å². The van der Waals surface area contributed by atoms with Gasteiger partial charge in [-0.3, -0.25) is 0 Å². The lowest BCUT2D eigenvalue weighted by Crippen LogP contribution is -2.21. The molecular weight excluding hydrogens is 242 g/mol. The zero-order valence-corrected chi connectivity index (χ0v) is 12.5. The fourth-order valence-electron chi connectivity index (χ4n) is 2.40. The first-order valence-corrected chi connectivity index (χ1v) is 7.53. The summed E-state index contributed by atoms with van der Waals surface area (Å²) in [7, 11) is 2.03. The quantitative estimate of drug-likeness (QED) is 0.640. The third-order valence-electron chi connectivity index (χ3n) is 3.43. The van der Waals surface area contributed by atoms with Crippen molar-refractivity contribution in [3.8, 4) is 0 Å². The van der Waals surface area contributed by atoms with Crippen LogP contribution >= 0.6 is 11.6 Å². The van der Waals surface area contributed by atoms with Gasteiger partial charge in [0.05, 0.1) is 0 Å². The molecule has 0 bridgehead atoms. The van der Waals surface area contributed by atoms with Gasteiger partial charge in [-0.15, -0.1) is 0 Å². The first-order valence-electron chi connectivity index (χ1n) is 7.16. The van der Waals surface area contributed by atoms with Gasteiger partial charge < -0.3 is 5.32 Å². The highest BCUT2D eigenvalue weighted by Crippen LogP contribution is 2.21. The standard InChI is InChI=1S/C16H26ClN/c1-3-4-5-6-9-14(13-18-2)12-15-10-7-8-11-16(15)17/h7-8,10-11,14,18H,3-6,9,12-13H2,1-2H3. The van der Waals surface area contributed by atoms with E-state index < -0.39 is 0 Å². The second-order valence-electron chi connectivity index (χ2n) is 5.07. The van der Waals surface area contributed by atoms with Crippen molar-refractivity contribution in [3.63, 3.8) is 0 Å². The zero-order valence-electron chi connectivity index (χ0n) is 11.7. The highest BCUT2D eigenvalue weighted by molar-refractivity contribution is 6.31. The van der Waals surface area contributed by atoms with Gasteiger partial charge in [-0.1, -0.05) is 62.4 Å². The number of hydrogen-bond acceptors (Lipinski definition) is 1. The summed E-state index contributed by atoms with van der Waals surface area (Å²) in [6.45, 7) is 3.34. The smallest absolute Gasteiger partial charge is 0.0438 e. The maximum absolute atomic E-state index is 6.23. The molecule has 1 rings (SSSR count). The first-order chi connectivity index (χ1) is 8.77. The molecule has 0 radical (unpaired) electrons. The molecule has 1 N–H and O–H groups in total. The third kappa shape index (κ3) is 5.88. The number of benzene rings is 1. The van der Waals surface area contributed by atoms with Gasteiger partial charge >= 0.3 is 0 Å². The van der Waals surface area contributed by atoms with Gasteiger partial charge in [0.1, 0.15) is 0 Å². The van der Waals surface area contributed by atoms with Crippen LogP contribution < -0.4 is 5.32 Å². The Labute approximate surface area is 117 Å². The number of unbranched alkanes of at least 4 members (excludes halogenated alkanes) is 3. The molecule has 2 heteroatoms. The van der Waals surface area contributed by atoms with E-state index in [1.807, 2.05) is 19.2 Å². The Morgan fingerprint density at radius 1 is 1.17 bits per heavy atom. The lowest BCUT2D eigenvalue weighted by Gasteiger charge is -2.17. The van der Waals surface area contributed by atoms with E-state index in [-0.39, 0.29) is 0 Å². The number of rotatable bonds is 9. The molecule has 0 amide bonds. The molecule has 0 fully saturated rings. The summed E-state index contributed by atoms with van der Waals surface area (Å²) >= 11 is 6.23. The molecule has 1 nitrogen and oxygen atoms in total. The summed E-state index contributed by atoms with van der Waals surface area (Å²) in [5, 5.41) is 4.21. The molecule has 1 unspecified atom stereocenters. The lowest BCUT2D eigenvalue weighted by atomic mass is 9.93. The molecule has 0 saturated heterocycles. The van der Waals surface area contributed by atoms with Crippen molar-refractivity contribution in [1.29, 1.82) is 0 Å². The SMILES string of the molecule is CCCCCCC(CNC)Cc1ccccc1Cl. The van der Waals surface area contributed by atoms with E-state index in [1.54, 1.807) is 0 Å². The minimum Gasteiger partial charge on any atom is -0.319 e. The maximum Gasteiger partial charge on any atom is 0.0438 e. The Balaban J connectivity index is 2.44. The highest BCUT2D eigenvalue weighted by atomic mass is 35.5. The van der Waals surface area contributed by atoms with Crippen LogP contribution in [0, 0.1) is 5.92 Å². The summed E-state index contributed by atoms with van der Waals surface area (Å²) in [6.07, 6.45) is 7.75. The topological polar surface area (TPSA) is 12.0 Å². The van der Waals surface area contributed by atoms with Crippen molar-refractivity contribution in [3.05, 3.63) is 34.9 Å². The van der Waals surface area contributed by atoms with E-state index in [2.05, 4.69) is 24.4 Å². The summed E-state index contributed by atoms with van der Waals surface area (Å²) in [4.78, 5) is 0. The Hall–Kier alpha value is -0.530. The molecule has 1 aromatic rings. The average Bonchev–Trinajstić information content (AvgIpc) is 2.37. The minimum absolute atomic E-state index is 0.701. The molecule has 0 aromatic heterocycles. The van der Waals surface area contributed by atoms with Crippen molar-refractivity contribution >= 4 is 11.6 Å². The second kappa shape index (κ2) is 9.41. The average molecular weight is 268 g/mol. The molecule has 0 heterocycles. The van der Waals surface area contributed by atoms with Crippen molar-refractivity contribution in [2.24, 2.45) is 5.92 Å². The summed E-state index contributed by atoms with van der Waals surface area (Å²) in [5.41, 5.74) is 1.29. The minimum atomic E-state index is 0.701. The van der Waals surface area contributed by atoms with Crippen LogP contribution in [0.5, 0.6) is 0 Å². The van der Waals surface area contributed by atoms with Gasteiger partial charge in [0.15, 0.2) is 0 Å². The lowest BCUT2D eigenvalue weighted by molar-refractivity contribution is 0.435. The molecule has 1 aromatic carbocycles. The number of hydrogen-bond donors (Lipinski definition) is 1. The normalized spacial score (nSPS) is 12.6. The van der Waals surface area contributed by atoms with E-state index >= 15 is 0 Å². The van der Waals surface area contributed by atoms with Gasteiger partial charge in [-0.2, -0.15) is 0 Å². The van der Waals surface area contributed by atoms with E-state index in [0.29, 0.717) is 5.92 Å². The molecule has 102 valence electrons. The monoisotopic (exact) mass is 267 g/mol. The van der Waals surface area contributed by atoms with E-state index in [1.165, 1.54) is 37.7 Å². The highest BCUT2D eigenvalue weighted by Gasteiger charge is 2.10. The predicted octanol–water partition coefficient (Wildman–Crippen LogP) is 4.69. The van der Waals surface area contributed by atoms with Gasteiger partial charge in [0.2, 0.25) is 0 Å². The fraction of sp³-hybridized carbons (Fsp3) is 0.625. The van der Waals surface area contributed by atoms with Crippen LogP contribution in [0.25, 0.3) is 0 Å². The van der Waals surface area contributed by atoms with Crippen molar-refractivity contribution < 1.29 is 0 Å². The summed E-state index contributed by atoms with van der Waals surface area (Å²) in [6, 6.07) is 8.22. The summed E-state index contributed by atoms with van der Waals surface area (Å²) < 4.78 is 0. The maximum atomic E-state index is 6.23. The molecular formula is C16H26ClN. The molecule has 0 aliphatic carbocycles. The van der Waals surface area contributed by atoms with E-state index in [4.69, 9.17) is 11.6 Å². The fourth-order valence-corrected chi connectivity index (χ4v) is 2.61. The molecule has 0 aliphatic heterocycles. The third-order valence-corrected chi connectivity index (χ3v) is 3.79. The van der Waals surface area contributed by atoms with Crippen LogP contribution in [0.4, 0.5) is 0 Å². The van der Waals surface area contributed by atoms with Crippen molar-refractivity contribution in [2.45, 2.75) is 45.4 Å². The predicted molar refractivity (Wildman–Crippen MR) is 81.3 cm³/mol. The van der Waals surface area contributed by atoms with Crippen molar-refractivity contribution in [2.75, 3.05) is 13.6 Å². The van der Waals surface area contributed by atoms with Gasteiger partial charge in [0, 0.05) is 5.02 Å². The van der Waals surface area contributed by atoms with Crippen LogP contribution in [0.2, 0.25) is 5.02 Å². The van der Waals surface area contributed by atoms with Gasteiger partial charge in [-0.05, 0) is 44.0 Å². The van der Waals surface area contributed by atoms with Crippen LogP contribution in [0.1, 0.15) is 44.6 Å². The van der Waals surface area contributed by atoms with Crippen LogP contribution in [0.15, 0.2) is 24.3 Å². The Morgan fingerprint density at radius 3 is 2.61 bits per heavy atom.